The molecular formula is C25H37N5. The lowest BCUT2D eigenvalue weighted by Crippen LogP contribution is -2.41. The van der Waals surface area contributed by atoms with Gasteiger partial charge in [0.2, 0.25) is 5.82 Å². The van der Waals surface area contributed by atoms with E-state index in [1.54, 1.807) is 7.05 Å². The highest BCUT2D eigenvalue weighted by atomic mass is 15.6. The van der Waals surface area contributed by atoms with Gasteiger partial charge in [0.1, 0.15) is 0 Å². The van der Waals surface area contributed by atoms with E-state index >= 15 is 0 Å². The first kappa shape index (κ1) is 23.7. The van der Waals surface area contributed by atoms with Crippen molar-refractivity contribution in [1.29, 1.82) is 0 Å². The van der Waals surface area contributed by atoms with Crippen LogP contribution in [0, 0.1) is 6.92 Å². The van der Waals surface area contributed by atoms with Crippen LogP contribution in [0.4, 0.5) is 0 Å². The first-order valence-corrected chi connectivity index (χ1v) is 11.2. The van der Waals surface area contributed by atoms with E-state index in [9.17, 15) is 0 Å². The molecule has 1 aliphatic heterocycles. The van der Waals surface area contributed by atoms with Gasteiger partial charge in [0.25, 0.3) is 0 Å². The number of hydrogen-bond donors (Lipinski definition) is 0. The maximum Gasteiger partial charge on any atom is 0.204 e. The summed E-state index contributed by atoms with van der Waals surface area (Å²) < 4.78 is 0. The topological polar surface area (TPSA) is 46.8 Å². The second-order valence-electron chi connectivity index (χ2n) is 7.43. The molecule has 0 N–H and O–H groups in total. The molecule has 0 atom stereocenters. The van der Waals surface area contributed by atoms with Crippen molar-refractivity contribution in [2.45, 2.75) is 52.9 Å². The highest BCUT2D eigenvalue weighted by Gasteiger charge is 2.37. The summed E-state index contributed by atoms with van der Waals surface area (Å²) in [6.45, 7) is 12.4. The Morgan fingerprint density at radius 3 is 2.00 bits per heavy atom. The molecule has 2 aromatic carbocycles. The van der Waals surface area contributed by atoms with Crippen LogP contribution in [0.5, 0.6) is 0 Å². The van der Waals surface area contributed by atoms with Crippen LogP contribution in [0.2, 0.25) is 0 Å². The summed E-state index contributed by atoms with van der Waals surface area (Å²) in [6.07, 6.45) is 2.27. The summed E-state index contributed by atoms with van der Waals surface area (Å²) in [5, 5.41) is 12.4. The Hall–Kier alpha value is -2.53. The van der Waals surface area contributed by atoms with Gasteiger partial charge in [-0.1, -0.05) is 81.8 Å². The van der Waals surface area contributed by atoms with Gasteiger partial charge >= 0.3 is 0 Å². The van der Waals surface area contributed by atoms with Crippen LogP contribution in [0.1, 0.15) is 57.2 Å². The minimum Gasteiger partial charge on any atom is -0.306 e. The maximum absolute atomic E-state index is 4.31. The van der Waals surface area contributed by atoms with Gasteiger partial charge in [0.05, 0.1) is 7.05 Å². The van der Waals surface area contributed by atoms with Crippen molar-refractivity contribution in [2.24, 2.45) is 7.05 Å². The molecule has 5 heteroatoms. The Bertz CT molecular complexity index is 890. The van der Waals surface area contributed by atoms with Crippen molar-refractivity contribution in [3.63, 3.8) is 0 Å². The van der Waals surface area contributed by atoms with Crippen LogP contribution in [-0.2, 0) is 12.5 Å². The third-order valence-corrected chi connectivity index (χ3v) is 5.62. The number of tetrazole rings is 1. The number of piperidine rings is 1. The van der Waals surface area contributed by atoms with E-state index in [-0.39, 0.29) is 5.41 Å². The second kappa shape index (κ2) is 11.0. The molecule has 1 aromatic heterocycles. The van der Waals surface area contributed by atoms with Crippen LogP contribution in [0.3, 0.4) is 0 Å². The molecule has 0 bridgehead atoms. The number of rotatable bonds is 3. The van der Waals surface area contributed by atoms with Gasteiger partial charge in [0.15, 0.2) is 0 Å². The number of aryl methyl sites for hydroxylation is 2. The molecule has 0 radical (unpaired) electrons. The number of hydrogen-bond acceptors (Lipinski definition) is 4. The lowest BCUT2D eigenvalue weighted by atomic mass is 9.68. The number of nitrogens with zero attached hydrogens (tertiary/aromatic N) is 5. The summed E-state index contributed by atoms with van der Waals surface area (Å²) in [7, 11) is 4.00. The molecule has 3 aromatic rings. The fraction of sp³-hybridized carbons (Fsp3) is 0.480. The Kier molecular flexibility index (Phi) is 8.72. The maximum atomic E-state index is 4.31. The van der Waals surface area contributed by atoms with Crippen LogP contribution in [0.25, 0.3) is 11.4 Å². The second-order valence-corrected chi connectivity index (χ2v) is 7.43. The SMILES string of the molecule is CC.CC.Cc1cccc(C2(c3ccc(-c4nnn(C)n4)cc3)CCN(C)CC2)c1. The lowest BCUT2D eigenvalue weighted by Gasteiger charge is -2.42. The van der Waals surface area contributed by atoms with Gasteiger partial charge in [-0.2, -0.15) is 4.80 Å². The van der Waals surface area contributed by atoms with Crippen LogP contribution >= 0.6 is 0 Å². The van der Waals surface area contributed by atoms with Crippen molar-refractivity contribution in [2.75, 3.05) is 20.1 Å². The fourth-order valence-corrected chi connectivity index (χ4v) is 4.02. The van der Waals surface area contributed by atoms with Gasteiger partial charge in [-0.05, 0) is 56.2 Å². The van der Waals surface area contributed by atoms with Gasteiger partial charge in [-0.25, -0.2) is 0 Å². The average Bonchev–Trinajstić information content (AvgIpc) is 3.24. The standard InChI is InChI=1S/C21H25N5.2C2H6/c1-16-5-4-6-19(15-16)21(11-13-25(2)14-12-21)18-9-7-17(8-10-18)20-22-24-26(3)23-20;2*1-2/h4-10,15H,11-14H2,1-3H3;2*1-2H3. The van der Waals surface area contributed by atoms with E-state index < -0.39 is 0 Å². The largest absolute Gasteiger partial charge is 0.306 e. The molecule has 0 amide bonds. The van der Waals surface area contributed by atoms with Gasteiger partial charge < -0.3 is 4.90 Å². The molecule has 0 spiro atoms. The lowest BCUT2D eigenvalue weighted by molar-refractivity contribution is 0.213. The number of benzene rings is 2. The van der Waals surface area contributed by atoms with Crippen LogP contribution in [-0.4, -0.2) is 45.2 Å². The molecule has 2 heterocycles. The van der Waals surface area contributed by atoms with Crippen molar-refractivity contribution in [3.8, 4) is 11.4 Å². The Morgan fingerprint density at radius 2 is 1.47 bits per heavy atom. The summed E-state index contributed by atoms with van der Waals surface area (Å²) in [5.41, 5.74) is 5.21. The Labute approximate surface area is 182 Å². The smallest absolute Gasteiger partial charge is 0.204 e. The Balaban J connectivity index is 0.000000757. The zero-order chi connectivity index (χ0) is 22.1. The summed E-state index contributed by atoms with van der Waals surface area (Å²) in [6, 6.07) is 17.8. The minimum absolute atomic E-state index is 0.0762. The van der Waals surface area contributed by atoms with E-state index in [1.807, 2.05) is 27.7 Å². The molecule has 1 aliphatic rings. The van der Waals surface area contributed by atoms with E-state index in [1.165, 1.54) is 21.5 Å². The fourth-order valence-electron chi connectivity index (χ4n) is 4.02. The molecule has 4 rings (SSSR count). The molecule has 5 nitrogen and oxygen atoms in total. The molecule has 1 saturated heterocycles. The summed E-state index contributed by atoms with van der Waals surface area (Å²) in [4.78, 5) is 3.92. The summed E-state index contributed by atoms with van der Waals surface area (Å²) in [5.74, 6) is 0.673. The highest BCUT2D eigenvalue weighted by molar-refractivity contribution is 5.56. The quantitative estimate of drug-likeness (QED) is 0.595. The van der Waals surface area contributed by atoms with Gasteiger partial charge in [-0.15, -0.1) is 10.2 Å². The van der Waals surface area contributed by atoms with E-state index in [0.717, 1.165) is 31.5 Å². The summed E-state index contributed by atoms with van der Waals surface area (Å²) >= 11 is 0. The third-order valence-electron chi connectivity index (χ3n) is 5.62. The third kappa shape index (κ3) is 5.14. The van der Waals surface area contributed by atoms with E-state index in [0.29, 0.717) is 5.82 Å². The number of aromatic nitrogens is 4. The van der Waals surface area contributed by atoms with Crippen molar-refractivity contribution in [1.82, 2.24) is 25.1 Å². The first-order valence-electron chi connectivity index (χ1n) is 11.2. The zero-order valence-electron chi connectivity index (χ0n) is 19.7. The molecule has 0 unspecified atom stereocenters. The van der Waals surface area contributed by atoms with Crippen molar-refractivity contribution < 1.29 is 0 Å². The zero-order valence-corrected chi connectivity index (χ0v) is 19.7. The van der Waals surface area contributed by atoms with E-state index in [4.69, 9.17) is 0 Å². The number of likely N-dealkylation sites (tertiary alicyclic amines) is 1. The minimum atomic E-state index is 0.0762. The predicted molar refractivity (Wildman–Crippen MR) is 126 cm³/mol. The Morgan fingerprint density at radius 1 is 0.833 bits per heavy atom. The molecular weight excluding hydrogens is 370 g/mol. The molecule has 0 aliphatic carbocycles. The normalized spacial score (nSPS) is 15.4. The van der Waals surface area contributed by atoms with Crippen molar-refractivity contribution in [3.05, 3.63) is 65.2 Å². The molecule has 162 valence electrons. The monoisotopic (exact) mass is 407 g/mol. The van der Waals surface area contributed by atoms with Gasteiger partial charge in [0, 0.05) is 11.0 Å². The van der Waals surface area contributed by atoms with E-state index in [2.05, 4.69) is 82.8 Å². The highest BCUT2D eigenvalue weighted by Crippen LogP contribution is 2.42. The molecule has 0 saturated carbocycles. The first-order chi connectivity index (χ1) is 14.6. The van der Waals surface area contributed by atoms with Crippen LogP contribution in [0.15, 0.2) is 48.5 Å². The average molecular weight is 408 g/mol. The molecule has 1 fully saturated rings. The van der Waals surface area contributed by atoms with Crippen LogP contribution < -0.4 is 0 Å². The molecule has 30 heavy (non-hydrogen) atoms. The van der Waals surface area contributed by atoms with Gasteiger partial charge in [-0.3, -0.25) is 0 Å². The van der Waals surface area contributed by atoms with Crippen molar-refractivity contribution >= 4 is 0 Å². The predicted octanol–water partition coefficient (Wildman–Crippen LogP) is 5.25.